The lowest BCUT2D eigenvalue weighted by Gasteiger charge is -2.07. The Morgan fingerprint density at radius 2 is 1.88 bits per heavy atom. The Hall–Kier alpha value is -2.23. The predicted molar refractivity (Wildman–Crippen MR) is 65.5 cm³/mol. The molecular formula is C13H13N3O. The van der Waals surface area contributed by atoms with Gasteiger partial charge in [0.1, 0.15) is 5.82 Å². The number of rotatable bonds is 2. The number of primary amides is 1. The first kappa shape index (κ1) is 11.3. The molecule has 1 amide bonds. The van der Waals surface area contributed by atoms with Crippen LogP contribution in [-0.4, -0.2) is 15.9 Å². The third-order valence-electron chi connectivity index (χ3n) is 2.43. The molecule has 0 atom stereocenters. The van der Waals surface area contributed by atoms with E-state index in [1.807, 2.05) is 32.0 Å². The normalized spacial score (nSPS) is 10.2. The van der Waals surface area contributed by atoms with E-state index in [4.69, 9.17) is 5.73 Å². The number of nitrogens with two attached hydrogens (primary N) is 1. The number of hydrogen-bond donors (Lipinski definition) is 1. The molecule has 0 radical (unpaired) electrons. The van der Waals surface area contributed by atoms with Crippen LogP contribution in [0.1, 0.15) is 21.9 Å². The summed E-state index contributed by atoms with van der Waals surface area (Å²) < 4.78 is 0. The van der Waals surface area contributed by atoms with Crippen molar-refractivity contribution < 1.29 is 4.79 Å². The highest BCUT2D eigenvalue weighted by molar-refractivity contribution is 5.99. The zero-order valence-corrected chi connectivity index (χ0v) is 9.77. The van der Waals surface area contributed by atoms with Crippen molar-refractivity contribution in [3.05, 3.63) is 47.4 Å². The van der Waals surface area contributed by atoms with Crippen LogP contribution in [0, 0.1) is 13.8 Å². The minimum absolute atomic E-state index is 0.450. The van der Waals surface area contributed by atoms with Gasteiger partial charge in [0.2, 0.25) is 5.91 Å². The van der Waals surface area contributed by atoms with Crippen molar-refractivity contribution in [2.45, 2.75) is 13.8 Å². The van der Waals surface area contributed by atoms with Crippen molar-refractivity contribution in [2.24, 2.45) is 5.73 Å². The van der Waals surface area contributed by atoms with Crippen LogP contribution in [0.4, 0.5) is 0 Å². The van der Waals surface area contributed by atoms with Crippen molar-refractivity contribution >= 4 is 5.91 Å². The molecule has 0 unspecified atom stereocenters. The Labute approximate surface area is 99.5 Å². The largest absolute Gasteiger partial charge is 0.366 e. The van der Waals surface area contributed by atoms with Crippen molar-refractivity contribution in [3.63, 3.8) is 0 Å². The van der Waals surface area contributed by atoms with Crippen molar-refractivity contribution in [3.8, 4) is 11.3 Å². The molecular weight excluding hydrogens is 214 g/mol. The number of carbonyl (C=O) groups excluding carboxylic acids is 1. The number of amides is 1. The Morgan fingerprint density at radius 1 is 1.18 bits per heavy atom. The fourth-order valence-electron chi connectivity index (χ4n) is 1.78. The molecule has 2 N–H and O–H groups in total. The van der Waals surface area contributed by atoms with Gasteiger partial charge in [-0.3, -0.25) is 4.79 Å². The minimum Gasteiger partial charge on any atom is -0.366 e. The second kappa shape index (κ2) is 4.33. The maximum Gasteiger partial charge on any atom is 0.249 e. The van der Waals surface area contributed by atoms with Gasteiger partial charge in [-0.05, 0) is 26.0 Å². The molecule has 0 saturated carbocycles. The summed E-state index contributed by atoms with van der Waals surface area (Å²) in [5.41, 5.74) is 8.16. The molecule has 0 aliphatic rings. The van der Waals surface area contributed by atoms with E-state index >= 15 is 0 Å². The van der Waals surface area contributed by atoms with Crippen LogP contribution in [-0.2, 0) is 0 Å². The Morgan fingerprint density at radius 3 is 2.53 bits per heavy atom. The van der Waals surface area contributed by atoms with Crippen LogP contribution >= 0.6 is 0 Å². The molecule has 0 bridgehead atoms. The summed E-state index contributed by atoms with van der Waals surface area (Å²) in [5, 5.41) is 0. The van der Waals surface area contributed by atoms with Crippen LogP contribution in [0.2, 0.25) is 0 Å². The molecule has 0 aliphatic heterocycles. The van der Waals surface area contributed by atoms with E-state index in [0.29, 0.717) is 11.4 Å². The summed E-state index contributed by atoms with van der Waals surface area (Å²) in [4.78, 5) is 19.9. The standard InChI is InChI=1S/C13H13N3O/c1-8-7-12(16-9(2)15-8)10-5-3-4-6-11(10)13(14)17/h3-7H,1-2H3,(H2,14,17). The maximum absolute atomic E-state index is 11.3. The van der Waals surface area contributed by atoms with Crippen LogP contribution in [0.15, 0.2) is 30.3 Å². The van der Waals surface area contributed by atoms with E-state index in [2.05, 4.69) is 9.97 Å². The fourth-order valence-corrected chi connectivity index (χ4v) is 1.78. The molecule has 0 spiro atoms. The van der Waals surface area contributed by atoms with Gasteiger partial charge in [0.05, 0.1) is 5.69 Å². The number of nitrogens with zero attached hydrogens (tertiary/aromatic N) is 2. The van der Waals surface area contributed by atoms with Gasteiger partial charge in [-0.1, -0.05) is 18.2 Å². The fraction of sp³-hybridized carbons (Fsp3) is 0.154. The summed E-state index contributed by atoms with van der Waals surface area (Å²) in [6, 6.07) is 9.01. The maximum atomic E-state index is 11.3. The first-order valence-corrected chi connectivity index (χ1v) is 5.29. The summed E-state index contributed by atoms with van der Waals surface area (Å²) in [6.45, 7) is 3.72. The van der Waals surface area contributed by atoms with E-state index in [-0.39, 0.29) is 0 Å². The van der Waals surface area contributed by atoms with Gasteiger partial charge in [0.15, 0.2) is 0 Å². The van der Waals surface area contributed by atoms with Gasteiger partial charge in [0.25, 0.3) is 0 Å². The second-order valence-electron chi connectivity index (χ2n) is 3.85. The highest BCUT2D eigenvalue weighted by atomic mass is 16.1. The number of aromatic nitrogens is 2. The lowest BCUT2D eigenvalue weighted by atomic mass is 10.0. The number of hydrogen-bond acceptors (Lipinski definition) is 3. The monoisotopic (exact) mass is 227 g/mol. The van der Waals surface area contributed by atoms with Gasteiger partial charge in [-0.15, -0.1) is 0 Å². The quantitative estimate of drug-likeness (QED) is 0.851. The summed E-state index contributed by atoms with van der Waals surface area (Å²) in [6.07, 6.45) is 0. The average Bonchev–Trinajstić information content (AvgIpc) is 2.27. The number of aryl methyl sites for hydroxylation is 2. The van der Waals surface area contributed by atoms with E-state index in [1.165, 1.54) is 0 Å². The van der Waals surface area contributed by atoms with Gasteiger partial charge >= 0.3 is 0 Å². The van der Waals surface area contributed by atoms with Crippen LogP contribution in [0.5, 0.6) is 0 Å². The second-order valence-corrected chi connectivity index (χ2v) is 3.85. The smallest absolute Gasteiger partial charge is 0.249 e. The third-order valence-corrected chi connectivity index (χ3v) is 2.43. The lowest BCUT2D eigenvalue weighted by molar-refractivity contribution is 0.100. The molecule has 0 fully saturated rings. The molecule has 4 nitrogen and oxygen atoms in total. The van der Waals surface area contributed by atoms with E-state index in [1.54, 1.807) is 12.1 Å². The molecule has 0 aliphatic carbocycles. The first-order chi connectivity index (χ1) is 8.08. The Bertz CT molecular complexity index is 558. The van der Waals surface area contributed by atoms with Crippen molar-refractivity contribution in [1.82, 2.24) is 9.97 Å². The topological polar surface area (TPSA) is 68.9 Å². The third kappa shape index (κ3) is 2.30. The van der Waals surface area contributed by atoms with Gasteiger partial charge in [-0.2, -0.15) is 0 Å². The Balaban J connectivity index is 2.64. The van der Waals surface area contributed by atoms with Crippen molar-refractivity contribution in [2.75, 3.05) is 0 Å². The Kier molecular flexibility index (Phi) is 2.87. The SMILES string of the molecule is Cc1cc(-c2ccccc2C(N)=O)nc(C)n1. The lowest BCUT2D eigenvalue weighted by Crippen LogP contribution is -2.12. The van der Waals surface area contributed by atoms with E-state index in [9.17, 15) is 4.79 Å². The molecule has 2 rings (SSSR count). The van der Waals surface area contributed by atoms with Crippen LogP contribution < -0.4 is 5.73 Å². The summed E-state index contributed by atoms with van der Waals surface area (Å²) >= 11 is 0. The van der Waals surface area contributed by atoms with Gasteiger partial charge in [-0.25, -0.2) is 9.97 Å². The van der Waals surface area contributed by atoms with Crippen molar-refractivity contribution in [1.29, 1.82) is 0 Å². The minimum atomic E-state index is -0.450. The molecule has 0 saturated heterocycles. The highest BCUT2D eigenvalue weighted by Gasteiger charge is 2.11. The molecule has 2 aromatic rings. The molecule has 1 aromatic heterocycles. The average molecular weight is 227 g/mol. The van der Waals surface area contributed by atoms with Crippen LogP contribution in [0.3, 0.4) is 0 Å². The molecule has 86 valence electrons. The number of carbonyl (C=O) groups is 1. The van der Waals surface area contributed by atoms with E-state index < -0.39 is 5.91 Å². The number of benzene rings is 1. The van der Waals surface area contributed by atoms with Gasteiger partial charge < -0.3 is 5.73 Å². The predicted octanol–water partition coefficient (Wildman–Crippen LogP) is 1.86. The highest BCUT2D eigenvalue weighted by Crippen LogP contribution is 2.21. The van der Waals surface area contributed by atoms with E-state index in [0.717, 1.165) is 17.0 Å². The summed E-state index contributed by atoms with van der Waals surface area (Å²) in [7, 11) is 0. The zero-order valence-electron chi connectivity index (χ0n) is 9.77. The first-order valence-electron chi connectivity index (χ1n) is 5.29. The molecule has 1 heterocycles. The summed E-state index contributed by atoms with van der Waals surface area (Å²) in [5.74, 6) is 0.230. The van der Waals surface area contributed by atoms with Crippen LogP contribution in [0.25, 0.3) is 11.3 Å². The molecule has 17 heavy (non-hydrogen) atoms. The van der Waals surface area contributed by atoms with Gasteiger partial charge in [0, 0.05) is 16.8 Å². The zero-order chi connectivity index (χ0) is 12.4. The molecule has 4 heteroatoms. The molecule has 1 aromatic carbocycles.